The summed E-state index contributed by atoms with van der Waals surface area (Å²) in [5, 5.41) is 2.08. The second kappa shape index (κ2) is 7.13. The molecule has 1 amide bonds. The Balaban J connectivity index is 1.88. The summed E-state index contributed by atoms with van der Waals surface area (Å²) >= 11 is 6.47. The summed E-state index contributed by atoms with van der Waals surface area (Å²) in [6.45, 7) is 0. The number of amidine groups is 1. The maximum Gasteiger partial charge on any atom is 0.417 e. The normalized spacial score (nSPS) is 17.8. The lowest BCUT2D eigenvalue weighted by atomic mass is 10.2. The molecule has 26 heavy (non-hydrogen) atoms. The van der Waals surface area contributed by atoms with E-state index >= 15 is 0 Å². The Kier molecular flexibility index (Phi) is 5.06. The number of thioether (sulfide) groups is 1. The van der Waals surface area contributed by atoms with E-state index in [9.17, 15) is 22.4 Å². The van der Waals surface area contributed by atoms with Crippen LogP contribution < -0.4 is 5.32 Å². The van der Waals surface area contributed by atoms with Gasteiger partial charge in [0.05, 0.1) is 21.2 Å². The van der Waals surface area contributed by atoms with Gasteiger partial charge in [-0.25, -0.2) is 9.38 Å². The predicted octanol–water partition coefficient (Wildman–Crippen LogP) is 5.39. The van der Waals surface area contributed by atoms with Crippen LogP contribution in [-0.4, -0.2) is 11.1 Å². The highest BCUT2D eigenvalue weighted by Crippen LogP contribution is 2.37. The molecule has 0 atom stereocenters. The zero-order valence-electron chi connectivity index (χ0n) is 12.8. The molecule has 1 heterocycles. The Morgan fingerprint density at radius 3 is 2.58 bits per heavy atom. The molecule has 0 saturated carbocycles. The monoisotopic (exact) mass is 400 g/mol. The van der Waals surface area contributed by atoms with Crippen molar-refractivity contribution in [3.63, 3.8) is 0 Å². The van der Waals surface area contributed by atoms with E-state index in [4.69, 9.17) is 11.6 Å². The van der Waals surface area contributed by atoms with Crippen LogP contribution in [0.25, 0.3) is 6.08 Å². The standard InChI is InChI=1S/C17H9ClF4N2OS/c18-12-6-5-10(8-11(12)17(20,21)22)23-16-24-15(25)14(26-16)7-9-3-1-2-4-13(9)19/h1-8H,(H,23,24,25)/b14-7-. The lowest BCUT2D eigenvalue weighted by molar-refractivity contribution is -0.137. The Morgan fingerprint density at radius 2 is 1.88 bits per heavy atom. The summed E-state index contributed by atoms with van der Waals surface area (Å²) in [4.78, 5) is 16.1. The maximum atomic E-state index is 13.7. The third-order valence-corrected chi connectivity index (χ3v) is 4.57. The third kappa shape index (κ3) is 4.08. The molecule has 3 nitrogen and oxygen atoms in total. The number of alkyl halides is 3. The van der Waals surface area contributed by atoms with Crippen molar-refractivity contribution >= 4 is 46.2 Å². The molecule has 0 unspecified atom stereocenters. The van der Waals surface area contributed by atoms with Crippen molar-refractivity contribution in [1.29, 1.82) is 0 Å². The number of benzene rings is 2. The Bertz CT molecular complexity index is 941. The highest BCUT2D eigenvalue weighted by molar-refractivity contribution is 8.18. The fourth-order valence-electron chi connectivity index (χ4n) is 2.13. The molecule has 2 aromatic carbocycles. The van der Waals surface area contributed by atoms with Gasteiger partial charge in [-0.2, -0.15) is 13.2 Å². The lowest BCUT2D eigenvalue weighted by Gasteiger charge is -2.09. The molecule has 3 rings (SSSR count). The van der Waals surface area contributed by atoms with Crippen molar-refractivity contribution in [3.8, 4) is 0 Å². The molecule has 1 N–H and O–H groups in total. The first-order valence-electron chi connectivity index (χ1n) is 7.15. The number of nitrogens with zero attached hydrogens (tertiary/aromatic N) is 1. The van der Waals surface area contributed by atoms with Gasteiger partial charge in [0.1, 0.15) is 5.82 Å². The van der Waals surface area contributed by atoms with Crippen LogP contribution >= 0.6 is 23.4 Å². The predicted molar refractivity (Wildman–Crippen MR) is 93.7 cm³/mol. The van der Waals surface area contributed by atoms with Gasteiger partial charge >= 0.3 is 6.18 Å². The van der Waals surface area contributed by atoms with Gasteiger partial charge < -0.3 is 5.32 Å². The van der Waals surface area contributed by atoms with E-state index in [-0.39, 0.29) is 21.3 Å². The van der Waals surface area contributed by atoms with Gasteiger partial charge in [0.2, 0.25) is 0 Å². The molecule has 0 aliphatic carbocycles. The quantitative estimate of drug-likeness (QED) is 0.542. The molecule has 1 fully saturated rings. The van der Waals surface area contributed by atoms with E-state index < -0.39 is 28.5 Å². The maximum absolute atomic E-state index is 13.7. The minimum Gasteiger partial charge on any atom is -0.300 e. The van der Waals surface area contributed by atoms with Crippen molar-refractivity contribution in [2.24, 2.45) is 4.99 Å². The molecule has 2 aromatic rings. The number of halogens is 5. The van der Waals surface area contributed by atoms with Gasteiger partial charge in [-0.1, -0.05) is 29.8 Å². The van der Waals surface area contributed by atoms with Crippen LogP contribution in [0.3, 0.4) is 0 Å². The number of carbonyl (C=O) groups is 1. The average molecular weight is 401 g/mol. The second-order valence-corrected chi connectivity index (χ2v) is 6.60. The number of nitrogens with one attached hydrogen (secondary N) is 1. The first-order valence-corrected chi connectivity index (χ1v) is 8.34. The molecule has 134 valence electrons. The van der Waals surface area contributed by atoms with E-state index in [1.807, 2.05) is 0 Å². The van der Waals surface area contributed by atoms with Crippen LogP contribution in [0.2, 0.25) is 5.02 Å². The van der Waals surface area contributed by atoms with Gasteiger partial charge in [-0.3, -0.25) is 4.79 Å². The van der Waals surface area contributed by atoms with E-state index in [1.54, 1.807) is 6.07 Å². The van der Waals surface area contributed by atoms with Gasteiger partial charge in [0.15, 0.2) is 5.17 Å². The largest absolute Gasteiger partial charge is 0.417 e. The third-order valence-electron chi connectivity index (χ3n) is 3.33. The molecular weight excluding hydrogens is 392 g/mol. The Morgan fingerprint density at radius 1 is 1.15 bits per heavy atom. The molecule has 1 aliphatic heterocycles. The van der Waals surface area contributed by atoms with E-state index in [1.165, 1.54) is 30.3 Å². The fraction of sp³-hybridized carbons (Fsp3) is 0.0588. The van der Waals surface area contributed by atoms with Crippen LogP contribution in [-0.2, 0) is 11.0 Å². The highest BCUT2D eigenvalue weighted by atomic mass is 35.5. The Hall–Kier alpha value is -2.32. The van der Waals surface area contributed by atoms with Gasteiger partial charge in [0.25, 0.3) is 5.91 Å². The van der Waals surface area contributed by atoms with Gasteiger partial charge in [0, 0.05) is 5.56 Å². The number of amides is 1. The summed E-state index contributed by atoms with van der Waals surface area (Å²) in [5.74, 6) is -1.01. The summed E-state index contributed by atoms with van der Waals surface area (Å²) in [7, 11) is 0. The summed E-state index contributed by atoms with van der Waals surface area (Å²) in [6, 6.07) is 9.07. The van der Waals surface area contributed by atoms with E-state index in [2.05, 4.69) is 10.3 Å². The molecule has 0 spiro atoms. The van der Waals surface area contributed by atoms with Crippen molar-refractivity contribution < 1.29 is 22.4 Å². The number of hydrogen-bond acceptors (Lipinski definition) is 3. The minimum atomic E-state index is -4.62. The van der Waals surface area contributed by atoms with Crippen molar-refractivity contribution in [1.82, 2.24) is 5.32 Å². The molecule has 9 heteroatoms. The van der Waals surface area contributed by atoms with Crippen LogP contribution in [0.1, 0.15) is 11.1 Å². The van der Waals surface area contributed by atoms with Gasteiger partial charge in [-0.05, 0) is 42.1 Å². The molecule has 1 saturated heterocycles. The molecule has 0 radical (unpaired) electrons. The number of aliphatic imine (C=N–C) groups is 1. The summed E-state index contributed by atoms with van der Waals surface area (Å²) in [6.07, 6.45) is -3.27. The number of rotatable bonds is 2. The van der Waals surface area contributed by atoms with E-state index in [0.29, 0.717) is 0 Å². The molecule has 0 bridgehead atoms. The highest BCUT2D eigenvalue weighted by Gasteiger charge is 2.33. The van der Waals surface area contributed by atoms with Crippen LogP contribution in [0, 0.1) is 5.82 Å². The summed E-state index contributed by atoms with van der Waals surface area (Å²) in [5.41, 5.74) is -0.814. The first-order chi connectivity index (χ1) is 12.2. The van der Waals surface area contributed by atoms with Crippen LogP contribution in [0.5, 0.6) is 0 Å². The van der Waals surface area contributed by atoms with Gasteiger partial charge in [-0.15, -0.1) is 0 Å². The SMILES string of the molecule is O=C1NC(=Nc2ccc(Cl)c(C(F)(F)F)c2)S/C1=C\c1ccccc1F. The number of carbonyl (C=O) groups excluding carboxylic acids is 1. The Labute approximate surface area is 154 Å². The zero-order chi connectivity index (χ0) is 18.9. The molecule has 1 aliphatic rings. The summed E-state index contributed by atoms with van der Waals surface area (Å²) < 4.78 is 52.4. The second-order valence-electron chi connectivity index (χ2n) is 5.17. The van der Waals surface area contributed by atoms with Crippen LogP contribution in [0.4, 0.5) is 23.2 Å². The topological polar surface area (TPSA) is 41.5 Å². The molecule has 0 aromatic heterocycles. The van der Waals surface area contributed by atoms with Crippen LogP contribution in [0.15, 0.2) is 52.4 Å². The van der Waals surface area contributed by atoms with Crippen molar-refractivity contribution in [2.75, 3.05) is 0 Å². The van der Waals surface area contributed by atoms with Crippen molar-refractivity contribution in [2.45, 2.75) is 6.18 Å². The molecular formula is C17H9ClF4N2OS. The smallest absolute Gasteiger partial charge is 0.300 e. The average Bonchev–Trinajstić information content (AvgIpc) is 2.90. The number of hydrogen-bond donors (Lipinski definition) is 1. The zero-order valence-corrected chi connectivity index (χ0v) is 14.3. The first kappa shape index (κ1) is 18.5. The van der Waals surface area contributed by atoms with Crippen molar-refractivity contribution in [3.05, 3.63) is 69.3 Å². The fourth-order valence-corrected chi connectivity index (χ4v) is 3.19. The minimum absolute atomic E-state index is 0.0170. The lowest BCUT2D eigenvalue weighted by Crippen LogP contribution is -2.19. The van der Waals surface area contributed by atoms with E-state index in [0.717, 1.165) is 23.9 Å².